The van der Waals surface area contributed by atoms with Crippen LogP contribution in [0.4, 0.5) is 4.79 Å². The van der Waals surface area contributed by atoms with Crippen molar-refractivity contribution in [1.82, 2.24) is 15.5 Å². The average molecular weight is 389 g/mol. The summed E-state index contributed by atoms with van der Waals surface area (Å²) in [5.41, 5.74) is -0.101. The molecule has 0 aliphatic carbocycles. The Balaban J connectivity index is 2.05. The Bertz CT molecular complexity index is 797. The molecule has 1 saturated heterocycles. The third kappa shape index (κ3) is 4.68. The van der Waals surface area contributed by atoms with Crippen LogP contribution in [0.2, 0.25) is 0 Å². The molecule has 8 heteroatoms. The number of benzene rings is 1. The van der Waals surface area contributed by atoms with Crippen LogP contribution < -0.4 is 10.6 Å². The van der Waals surface area contributed by atoms with Crippen LogP contribution in [-0.4, -0.2) is 46.9 Å². The molecule has 0 saturated carbocycles. The summed E-state index contributed by atoms with van der Waals surface area (Å²) in [7, 11) is 0. The van der Waals surface area contributed by atoms with Gasteiger partial charge in [0.1, 0.15) is 12.1 Å². The van der Waals surface area contributed by atoms with Gasteiger partial charge in [-0.3, -0.25) is 19.3 Å². The van der Waals surface area contributed by atoms with Gasteiger partial charge in [0.2, 0.25) is 0 Å². The summed E-state index contributed by atoms with van der Waals surface area (Å²) in [5.74, 6) is -1.85. The Morgan fingerprint density at radius 1 is 1.21 bits per heavy atom. The summed E-state index contributed by atoms with van der Waals surface area (Å²) < 4.78 is 5.08. The van der Waals surface area contributed by atoms with Gasteiger partial charge in [0.25, 0.3) is 11.8 Å². The van der Waals surface area contributed by atoms with Crippen LogP contribution in [0.3, 0.4) is 0 Å². The lowest BCUT2D eigenvalue weighted by Gasteiger charge is -2.24. The summed E-state index contributed by atoms with van der Waals surface area (Å²) in [6.07, 6.45) is -1.05. The van der Waals surface area contributed by atoms with E-state index in [4.69, 9.17) is 4.74 Å². The fourth-order valence-electron chi connectivity index (χ4n) is 2.81. The van der Waals surface area contributed by atoms with Crippen molar-refractivity contribution in [3.05, 3.63) is 35.4 Å². The zero-order valence-corrected chi connectivity index (χ0v) is 17.1. The van der Waals surface area contributed by atoms with Crippen molar-refractivity contribution in [3.63, 3.8) is 0 Å². The highest BCUT2D eigenvalue weighted by Crippen LogP contribution is 2.28. The van der Waals surface area contributed by atoms with Crippen LogP contribution in [0.15, 0.2) is 24.3 Å². The van der Waals surface area contributed by atoms with E-state index in [1.165, 1.54) is 6.92 Å². The van der Waals surface area contributed by atoms with Crippen molar-refractivity contribution in [2.24, 2.45) is 0 Å². The fourth-order valence-corrected chi connectivity index (χ4v) is 2.81. The number of aryl methyl sites for hydroxylation is 1. The van der Waals surface area contributed by atoms with Crippen molar-refractivity contribution in [2.75, 3.05) is 6.54 Å². The van der Waals surface area contributed by atoms with Crippen molar-refractivity contribution < 1.29 is 23.9 Å². The van der Waals surface area contributed by atoms with Gasteiger partial charge in [-0.05, 0) is 47.1 Å². The van der Waals surface area contributed by atoms with Crippen LogP contribution >= 0.6 is 0 Å². The Morgan fingerprint density at radius 2 is 1.79 bits per heavy atom. The second kappa shape index (κ2) is 7.61. The van der Waals surface area contributed by atoms with Crippen LogP contribution in [-0.2, 0) is 24.7 Å². The molecule has 1 heterocycles. The van der Waals surface area contributed by atoms with Crippen LogP contribution in [0.25, 0.3) is 0 Å². The van der Waals surface area contributed by atoms with E-state index < -0.39 is 47.5 Å². The van der Waals surface area contributed by atoms with Gasteiger partial charge >= 0.3 is 12.0 Å². The zero-order valence-electron chi connectivity index (χ0n) is 17.1. The molecule has 0 spiro atoms. The lowest BCUT2D eigenvalue weighted by Crippen LogP contribution is -2.47. The van der Waals surface area contributed by atoms with Gasteiger partial charge in [-0.1, -0.05) is 29.8 Å². The molecule has 1 aromatic carbocycles. The molecule has 0 aromatic heterocycles. The molecule has 2 N–H and O–H groups in total. The lowest BCUT2D eigenvalue weighted by molar-refractivity contribution is -0.157. The molecule has 0 radical (unpaired) electrons. The van der Waals surface area contributed by atoms with Crippen LogP contribution in [0.1, 0.15) is 45.7 Å². The summed E-state index contributed by atoms with van der Waals surface area (Å²) >= 11 is 0. The normalized spacial score (nSPS) is 20.6. The van der Waals surface area contributed by atoms with E-state index in [9.17, 15) is 19.2 Å². The number of carbonyl (C=O) groups is 4. The quantitative estimate of drug-likeness (QED) is 0.588. The van der Waals surface area contributed by atoms with Gasteiger partial charge in [0, 0.05) is 5.54 Å². The second-order valence-corrected chi connectivity index (χ2v) is 8.18. The number of ether oxygens (including phenoxy) is 1. The maximum Gasteiger partial charge on any atom is 0.327 e. The number of imide groups is 1. The maximum absolute atomic E-state index is 12.8. The van der Waals surface area contributed by atoms with E-state index >= 15 is 0 Å². The molecule has 4 amide bonds. The number of rotatable bonds is 5. The molecular weight excluding hydrogens is 362 g/mol. The predicted octanol–water partition coefficient (Wildman–Crippen LogP) is 1.61. The first-order valence-corrected chi connectivity index (χ1v) is 9.06. The van der Waals surface area contributed by atoms with Gasteiger partial charge in [0.05, 0.1) is 0 Å². The van der Waals surface area contributed by atoms with Gasteiger partial charge in [0.15, 0.2) is 6.10 Å². The molecule has 0 unspecified atom stereocenters. The van der Waals surface area contributed by atoms with Crippen LogP contribution in [0.5, 0.6) is 0 Å². The van der Waals surface area contributed by atoms with Gasteiger partial charge < -0.3 is 15.4 Å². The molecule has 0 bridgehead atoms. The Morgan fingerprint density at radius 3 is 2.32 bits per heavy atom. The van der Waals surface area contributed by atoms with Crippen molar-refractivity contribution >= 4 is 23.8 Å². The zero-order chi connectivity index (χ0) is 21.3. The van der Waals surface area contributed by atoms with Gasteiger partial charge in [-0.15, -0.1) is 0 Å². The maximum atomic E-state index is 12.8. The fraction of sp³-hybridized carbons (Fsp3) is 0.500. The van der Waals surface area contributed by atoms with Crippen molar-refractivity contribution in [3.8, 4) is 0 Å². The monoisotopic (exact) mass is 389 g/mol. The number of urea groups is 1. The minimum atomic E-state index is -1.26. The molecule has 2 rings (SSSR count). The third-order valence-electron chi connectivity index (χ3n) is 4.37. The van der Waals surface area contributed by atoms with Gasteiger partial charge in [-0.2, -0.15) is 0 Å². The van der Waals surface area contributed by atoms with Crippen molar-refractivity contribution in [2.45, 2.75) is 58.7 Å². The standard InChI is InChI=1S/C20H27N3O5/c1-12-7-9-14(10-8-12)20(6)17(26)23(18(27)22-20)11-15(24)28-13(2)16(25)21-19(3,4)5/h7-10,13H,11H2,1-6H3,(H,21,25)(H,22,27)/t13-,20+/m1/s1. The minimum absolute atomic E-state index is 0.456. The highest BCUT2D eigenvalue weighted by molar-refractivity contribution is 6.08. The molecular formula is C20H27N3O5. The average Bonchev–Trinajstić information content (AvgIpc) is 2.78. The summed E-state index contributed by atoms with van der Waals surface area (Å²) in [6.45, 7) is 9.78. The first-order valence-electron chi connectivity index (χ1n) is 9.06. The van der Waals surface area contributed by atoms with E-state index in [-0.39, 0.29) is 0 Å². The van der Waals surface area contributed by atoms with E-state index in [1.54, 1.807) is 39.8 Å². The molecule has 152 valence electrons. The second-order valence-electron chi connectivity index (χ2n) is 8.18. The Kier molecular flexibility index (Phi) is 5.82. The topological polar surface area (TPSA) is 105 Å². The number of nitrogens with zero attached hydrogens (tertiary/aromatic N) is 1. The van der Waals surface area contributed by atoms with Crippen molar-refractivity contribution in [1.29, 1.82) is 0 Å². The molecule has 2 atom stereocenters. The molecule has 1 fully saturated rings. The van der Waals surface area contributed by atoms with E-state index in [2.05, 4.69) is 10.6 Å². The highest BCUT2D eigenvalue weighted by atomic mass is 16.5. The SMILES string of the molecule is Cc1ccc([C@]2(C)NC(=O)N(CC(=O)O[C@H](C)C(=O)NC(C)(C)C)C2=O)cc1. The molecule has 1 aromatic rings. The van der Waals surface area contributed by atoms with Gasteiger partial charge in [-0.25, -0.2) is 4.79 Å². The van der Waals surface area contributed by atoms with E-state index in [0.717, 1.165) is 10.5 Å². The number of hydrogen-bond donors (Lipinski definition) is 2. The first kappa shape index (κ1) is 21.4. The first-order chi connectivity index (χ1) is 12.8. The number of amides is 4. The van der Waals surface area contributed by atoms with E-state index in [0.29, 0.717) is 5.56 Å². The molecule has 28 heavy (non-hydrogen) atoms. The summed E-state index contributed by atoms with van der Waals surface area (Å²) in [4.78, 5) is 50.1. The van der Waals surface area contributed by atoms with Crippen LogP contribution in [0, 0.1) is 6.92 Å². The summed E-state index contributed by atoms with van der Waals surface area (Å²) in [5, 5.41) is 5.33. The largest absolute Gasteiger partial charge is 0.451 e. The predicted molar refractivity (Wildman–Crippen MR) is 102 cm³/mol. The Hall–Kier alpha value is -2.90. The lowest BCUT2D eigenvalue weighted by atomic mass is 9.91. The minimum Gasteiger partial charge on any atom is -0.451 e. The molecule has 1 aliphatic rings. The highest BCUT2D eigenvalue weighted by Gasteiger charge is 2.49. The number of nitrogens with one attached hydrogen (secondary N) is 2. The number of esters is 1. The smallest absolute Gasteiger partial charge is 0.327 e. The Labute approximate surface area is 164 Å². The molecule has 1 aliphatic heterocycles. The third-order valence-corrected chi connectivity index (χ3v) is 4.37. The summed E-state index contributed by atoms with van der Waals surface area (Å²) in [6, 6.07) is 6.51. The number of hydrogen-bond acceptors (Lipinski definition) is 5. The molecule has 8 nitrogen and oxygen atoms in total. The van der Waals surface area contributed by atoms with E-state index in [1.807, 2.05) is 19.1 Å². The number of carbonyl (C=O) groups excluding carboxylic acids is 4.